The quantitative estimate of drug-likeness (QED) is 0.345. The molecule has 1 aromatic rings. The van der Waals surface area contributed by atoms with Crippen molar-refractivity contribution in [1.29, 1.82) is 0 Å². The molecule has 1 rings (SSSR count). The minimum atomic E-state index is -1.20. The molecular weight excluding hydrogens is 237 g/mol. The average molecular weight is 251 g/mol. The van der Waals surface area contributed by atoms with Crippen LogP contribution in [-0.4, -0.2) is 19.0 Å². The van der Waals surface area contributed by atoms with Gasteiger partial charge >= 0.3 is 0 Å². The first kappa shape index (κ1) is 14.0. The summed E-state index contributed by atoms with van der Waals surface area (Å²) >= 11 is 0. The number of hydrogen-bond donors (Lipinski definition) is 2. The Kier molecular flexibility index (Phi) is 4.65. The second-order valence-corrected chi connectivity index (χ2v) is 3.88. The summed E-state index contributed by atoms with van der Waals surface area (Å²) in [5.74, 6) is -1.08. The van der Waals surface area contributed by atoms with Crippen molar-refractivity contribution in [2.45, 2.75) is 12.5 Å². The third-order valence-corrected chi connectivity index (χ3v) is 2.65. The number of carbonyl (C=O) groups excluding carboxylic acids is 1. The van der Waals surface area contributed by atoms with Crippen LogP contribution in [0.4, 0.5) is 4.39 Å². The predicted molar refractivity (Wildman–Crippen MR) is 65.0 cm³/mol. The van der Waals surface area contributed by atoms with E-state index >= 15 is 0 Å². The van der Waals surface area contributed by atoms with Crippen LogP contribution < -0.4 is 11.1 Å². The first-order chi connectivity index (χ1) is 8.50. The van der Waals surface area contributed by atoms with Crippen molar-refractivity contribution < 1.29 is 9.18 Å². The minimum absolute atomic E-state index is 0.175. The van der Waals surface area contributed by atoms with Gasteiger partial charge < -0.3 is 5.73 Å². The fourth-order valence-electron chi connectivity index (χ4n) is 1.53. The van der Waals surface area contributed by atoms with Crippen LogP contribution in [0.25, 0.3) is 10.4 Å². The molecule has 0 radical (unpaired) electrons. The Morgan fingerprint density at radius 2 is 2.39 bits per heavy atom. The first-order valence-electron chi connectivity index (χ1n) is 5.32. The fourth-order valence-corrected chi connectivity index (χ4v) is 1.53. The molecule has 18 heavy (non-hydrogen) atoms. The zero-order valence-electron chi connectivity index (χ0n) is 9.93. The van der Waals surface area contributed by atoms with Crippen LogP contribution in [0.1, 0.15) is 12.5 Å². The Bertz CT molecular complexity index is 486. The molecule has 1 aromatic carbocycles. The number of halogens is 1. The van der Waals surface area contributed by atoms with Crippen molar-refractivity contribution in [3.05, 3.63) is 46.1 Å². The Labute approximate surface area is 104 Å². The highest BCUT2D eigenvalue weighted by atomic mass is 19.1. The maximum atomic E-state index is 13.2. The number of nitrogens with one attached hydrogen (secondary N) is 1. The normalized spacial score (nSPS) is 13.4. The van der Waals surface area contributed by atoms with E-state index in [1.165, 1.54) is 18.2 Å². The van der Waals surface area contributed by atoms with Gasteiger partial charge in [-0.3, -0.25) is 10.1 Å². The van der Waals surface area contributed by atoms with Crippen LogP contribution in [0, 0.1) is 5.82 Å². The summed E-state index contributed by atoms with van der Waals surface area (Å²) in [6.45, 7) is 1.99. The van der Waals surface area contributed by atoms with Crippen LogP contribution in [0.2, 0.25) is 0 Å². The van der Waals surface area contributed by atoms with Crippen LogP contribution in [0.5, 0.6) is 0 Å². The van der Waals surface area contributed by atoms with E-state index in [9.17, 15) is 9.18 Å². The molecule has 0 fully saturated rings. The molecule has 0 saturated carbocycles. The molecule has 6 nitrogen and oxygen atoms in total. The highest BCUT2D eigenvalue weighted by molar-refractivity contribution is 5.85. The summed E-state index contributed by atoms with van der Waals surface area (Å²) in [6.07, 6.45) is 0. The number of benzene rings is 1. The van der Waals surface area contributed by atoms with E-state index < -0.39 is 17.3 Å². The monoisotopic (exact) mass is 251 g/mol. The highest BCUT2D eigenvalue weighted by Gasteiger charge is 2.32. The van der Waals surface area contributed by atoms with Crippen molar-refractivity contribution in [3.8, 4) is 0 Å². The van der Waals surface area contributed by atoms with Gasteiger partial charge in [-0.2, -0.15) is 0 Å². The zero-order chi connectivity index (χ0) is 13.6. The van der Waals surface area contributed by atoms with Crippen LogP contribution in [0.3, 0.4) is 0 Å². The van der Waals surface area contributed by atoms with Gasteiger partial charge in [-0.15, -0.1) is 0 Å². The number of nitrogens with two attached hydrogens (primary N) is 1. The smallest absolute Gasteiger partial charge is 0.242 e. The van der Waals surface area contributed by atoms with Crippen molar-refractivity contribution in [3.63, 3.8) is 0 Å². The van der Waals surface area contributed by atoms with Gasteiger partial charge in [0.15, 0.2) is 0 Å². The maximum Gasteiger partial charge on any atom is 0.242 e. The summed E-state index contributed by atoms with van der Waals surface area (Å²) in [5.41, 5.74) is 12.7. The highest BCUT2D eigenvalue weighted by Crippen LogP contribution is 2.20. The Morgan fingerprint density at radius 1 is 1.67 bits per heavy atom. The third kappa shape index (κ3) is 3.19. The largest absolute Gasteiger partial charge is 0.368 e. The summed E-state index contributed by atoms with van der Waals surface area (Å²) in [6, 6.07) is 5.63. The van der Waals surface area contributed by atoms with Crippen molar-refractivity contribution in [2.75, 3.05) is 13.1 Å². The molecule has 7 heteroatoms. The lowest BCUT2D eigenvalue weighted by atomic mass is 9.91. The molecule has 96 valence electrons. The molecular formula is C11H14FN5O. The molecule has 1 amide bonds. The number of rotatable bonds is 6. The average Bonchev–Trinajstić information content (AvgIpc) is 2.34. The van der Waals surface area contributed by atoms with Gasteiger partial charge in [0.1, 0.15) is 11.4 Å². The van der Waals surface area contributed by atoms with Gasteiger partial charge in [-0.1, -0.05) is 17.2 Å². The summed E-state index contributed by atoms with van der Waals surface area (Å²) < 4.78 is 13.2. The van der Waals surface area contributed by atoms with Gasteiger partial charge in [0.25, 0.3) is 0 Å². The molecule has 0 aliphatic heterocycles. The lowest BCUT2D eigenvalue weighted by Crippen LogP contribution is -2.51. The number of carbonyl (C=O) groups is 1. The molecule has 3 N–H and O–H groups in total. The number of primary amides is 1. The predicted octanol–water partition coefficient (Wildman–Crippen LogP) is 1.43. The van der Waals surface area contributed by atoms with E-state index in [2.05, 4.69) is 15.3 Å². The van der Waals surface area contributed by atoms with E-state index in [0.29, 0.717) is 5.56 Å². The summed E-state index contributed by atoms with van der Waals surface area (Å²) in [5, 5.41) is 6.21. The fraction of sp³-hybridized carbons (Fsp3) is 0.364. The number of azide groups is 1. The molecule has 0 bridgehead atoms. The Hall–Kier alpha value is -2.11. The number of amides is 1. The van der Waals surface area contributed by atoms with E-state index in [0.717, 1.165) is 0 Å². The van der Waals surface area contributed by atoms with Gasteiger partial charge in [0.05, 0.1) is 0 Å². The lowest BCUT2D eigenvalue weighted by molar-refractivity contribution is -0.124. The van der Waals surface area contributed by atoms with Gasteiger partial charge in [-0.25, -0.2) is 4.39 Å². The first-order valence-corrected chi connectivity index (χ1v) is 5.32. The van der Waals surface area contributed by atoms with Gasteiger partial charge in [0, 0.05) is 18.0 Å². The topological polar surface area (TPSA) is 104 Å². The molecule has 0 aliphatic carbocycles. The van der Waals surface area contributed by atoms with Crippen molar-refractivity contribution in [2.24, 2.45) is 10.8 Å². The van der Waals surface area contributed by atoms with E-state index in [1.807, 2.05) is 0 Å². The van der Waals surface area contributed by atoms with Crippen LogP contribution >= 0.6 is 0 Å². The van der Waals surface area contributed by atoms with Crippen LogP contribution in [0.15, 0.2) is 29.4 Å². The number of hydrogen-bond acceptors (Lipinski definition) is 3. The standard InChI is InChI=1S/C11H14FN5O/c1-11(10(13)18,15-5-6-16-17-14)8-3-2-4-9(12)7-8/h2-4,7,15H,5-6H2,1H3,(H2,13,18). The zero-order valence-corrected chi connectivity index (χ0v) is 9.93. The Balaban J connectivity index is 2.93. The SMILES string of the molecule is CC(NCCN=[N+]=[N-])(C(N)=O)c1cccc(F)c1. The maximum absolute atomic E-state index is 13.2. The summed E-state index contributed by atoms with van der Waals surface area (Å²) in [4.78, 5) is 14.1. The van der Waals surface area contributed by atoms with Gasteiger partial charge in [0.2, 0.25) is 5.91 Å². The molecule has 0 heterocycles. The molecule has 1 atom stereocenters. The van der Waals surface area contributed by atoms with Gasteiger partial charge in [-0.05, 0) is 30.2 Å². The van der Waals surface area contributed by atoms with Crippen LogP contribution in [-0.2, 0) is 10.3 Å². The Morgan fingerprint density at radius 3 is 2.94 bits per heavy atom. The second-order valence-electron chi connectivity index (χ2n) is 3.88. The molecule has 1 unspecified atom stereocenters. The molecule has 0 saturated heterocycles. The van der Waals surface area contributed by atoms with E-state index in [-0.39, 0.29) is 13.1 Å². The minimum Gasteiger partial charge on any atom is -0.368 e. The lowest BCUT2D eigenvalue weighted by Gasteiger charge is -2.27. The molecule has 0 aromatic heterocycles. The summed E-state index contributed by atoms with van der Waals surface area (Å²) in [7, 11) is 0. The van der Waals surface area contributed by atoms with Crippen molar-refractivity contribution >= 4 is 5.91 Å². The molecule has 0 aliphatic rings. The molecule has 0 spiro atoms. The second kappa shape index (κ2) is 6.00. The third-order valence-electron chi connectivity index (χ3n) is 2.65. The van der Waals surface area contributed by atoms with E-state index in [4.69, 9.17) is 11.3 Å². The number of nitrogens with zero attached hydrogens (tertiary/aromatic N) is 3. The van der Waals surface area contributed by atoms with E-state index in [1.54, 1.807) is 13.0 Å². The van der Waals surface area contributed by atoms with Crippen molar-refractivity contribution in [1.82, 2.24) is 5.32 Å².